The highest BCUT2D eigenvalue weighted by Gasteiger charge is 2.37. The molecule has 3 aromatic rings. The highest BCUT2D eigenvalue weighted by Crippen LogP contribution is 2.27. The van der Waals surface area contributed by atoms with E-state index in [4.69, 9.17) is 0 Å². The Bertz CT molecular complexity index is 864. The molecule has 2 heterocycles. The zero-order valence-electron chi connectivity index (χ0n) is 10.0. The van der Waals surface area contributed by atoms with Gasteiger partial charge in [0.25, 0.3) is 5.82 Å². The zero-order chi connectivity index (χ0) is 15.2. The minimum absolute atomic E-state index is 0.123. The SMILES string of the molecule is O=c1sc2c(F)cccc2n1Cc1nc(C(F)(F)F)no1. The van der Waals surface area contributed by atoms with Crippen LogP contribution < -0.4 is 4.87 Å². The minimum atomic E-state index is -4.73. The summed E-state index contributed by atoms with van der Waals surface area (Å²) >= 11 is 0.657. The van der Waals surface area contributed by atoms with E-state index in [0.29, 0.717) is 11.3 Å². The van der Waals surface area contributed by atoms with Crippen molar-refractivity contribution in [3.05, 3.63) is 45.4 Å². The second-order valence-electron chi connectivity index (χ2n) is 4.05. The number of fused-ring (bicyclic) bond motifs is 1. The minimum Gasteiger partial charge on any atom is -0.337 e. The topological polar surface area (TPSA) is 60.9 Å². The number of rotatable bonds is 2. The van der Waals surface area contributed by atoms with E-state index >= 15 is 0 Å². The van der Waals surface area contributed by atoms with E-state index in [9.17, 15) is 22.4 Å². The van der Waals surface area contributed by atoms with Crippen molar-refractivity contribution in [2.24, 2.45) is 0 Å². The van der Waals surface area contributed by atoms with Crippen LogP contribution in [-0.4, -0.2) is 14.7 Å². The second kappa shape index (κ2) is 4.65. The van der Waals surface area contributed by atoms with Crippen molar-refractivity contribution >= 4 is 21.6 Å². The van der Waals surface area contributed by atoms with E-state index < -0.39 is 22.7 Å². The summed E-state index contributed by atoms with van der Waals surface area (Å²) in [5.74, 6) is -2.38. The van der Waals surface area contributed by atoms with E-state index in [2.05, 4.69) is 14.7 Å². The molecule has 3 rings (SSSR count). The van der Waals surface area contributed by atoms with Crippen LogP contribution in [0.2, 0.25) is 0 Å². The Balaban J connectivity index is 2.03. The second-order valence-corrected chi connectivity index (χ2v) is 5.01. The van der Waals surface area contributed by atoms with Gasteiger partial charge in [-0.05, 0) is 12.1 Å². The van der Waals surface area contributed by atoms with Crippen LogP contribution in [0.15, 0.2) is 27.5 Å². The molecule has 0 saturated carbocycles. The van der Waals surface area contributed by atoms with E-state index in [1.54, 1.807) is 0 Å². The van der Waals surface area contributed by atoms with Gasteiger partial charge in [0, 0.05) is 0 Å². The van der Waals surface area contributed by atoms with Gasteiger partial charge in [-0.3, -0.25) is 9.36 Å². The molecule has 0 N–H and O–H groups in total. The Morgan fingerprint density at radius 2 is 2.10 bits per heavy atom. The Hall–Kier alpha value is -2.23. The lowest BCUT2D eigenvalue weighted by atomic mass is 10.3. The molecule has 0 amide bonds. The Kier molecular flexibility index (Phi) is 3.04. The predicted octanol–water partition coefficient (Wildman–Crippen LogP) is 2.65. The van der Waals surface area contributed by atoms with Gasteiger partial charge in [0.05, 0.1) is 10.2 Å². The van der Waals surface area contributed by atoms with Gasteiger partial charge in [0.1, 0.15) is 12.4 Å². The fraction of sp³-hybridized carbons (Fsp3) is 0.182. The number of halogens is 4. The maximum Gasteiger partial charge on any atom is 0.455 e. The van der Waals surface area contributed by atoms with Crippen molar-refractivity contribution in [1.29, 1.82) is 0 Å². The molecule has 5 nitrogen and oxygen atoms in total. The molecule has 10 heteroatoms. The largest absolute Gasteiger partial charge is 0.455 e. The first-order valence-corrected chi connectivity index (χ1v) is 6.35. The monoisotopic (exact) mass is 319 g/mol. The predicted molar refractivity (Wildman–Crippen MR) is 64.4 cm³/mol. The number of nitrogens with zero attached hydrogens (tertiary/aromatic N) is 3. The summed E-state index contributed by atoms with van der Waals surface area (Å²) in [7, 11) is 0. The maximum absolute atomic E-state index is 13.5. The summed E-state index contributed by atoms with van der Waals surface area (Å²) in [6.07, 6.45) is -4.73. The van der Waals surface area contributed by atoms with Gasteiger partial charge in [0.2, 0.25) is 5.89 Å². The molecule has 0 aliphatic rings. The molecule has 0 spiro atoms. The highest BCUT2D eigenvalue weighted by molar-refractivity contribution is 7.16. The Morgan fingerprint density at radius 3 is 2.76 bits per heavy atom. The Morgan fingerprint density at radius 1 is 1.33 bits per heavy atom. The standard InChI is InChI=1S/C11H5F4N3O2S/c12-5-2-1-3-6-8(5)21-10(19)18(6)4-7-16-9(17-20-7)11(13,14)15/h1-3H,4H2. The molecule has 0 bridgehead atoms. The fourth-order valence-electron chi connectivity index (χ4n) is 1.77. The summed E-state index contributed by atoms with van der Waals surface area (Å²) in [6, 6.07) is 4.07. The number of alkyl halides is 3. The van der Waals surface area contributed by atoms with Crippen molar-refractivity contribution < 1.29 is 22.1 Å². The summed E-state index contributed by atoms with van der Waals surface area (Å²) in [5, 5.41) is 2.80. The number of thiazole rings is 1. The third-order valence-corrected chi connectivity index (χ3v) is 3.67. The molecular weight excluding hydrogens is 314 g/mol. The van der Waals surface area contributed by atoms with E-state index in [1.165, 1.54) is 18.2 Å². The number of hydrogen-bond acceptors (Lipinski definition) is 5. The van der Waals surface area contributed by atoms with E-state index in [1.807, 2.05) is 0 Å². The molecule has 110 valence electrons. The molecule has 2 aromatic heterocycles. The zero-order valence-corrected chi connectivity index (χ0v) is 10.8. The lowest BCUT2D eigenvalue weighted by Crippen LogP contribution is -2.14. The van der Waals surface area contributed by atoms with Crippen LogP contribution in [0.4, 0.5) is 17.6 Å². The molecule has 0 aliphatic heterocycles. The normalized spacial score (nSPS) is 12.2. The van der Waals surface area contributed by atoms with Crippen LogP contribution in [0.5, 0.6) is 0 Å². The number of aromatic nitrogens is 3. The first kappa shape index (κ1) is 13.7. The summed E-state index contributed by atoms with van der Waals surface area (Å²) in [4.78, 5) is 14.5. The molecule has 0 aliphatic carbocycles. The van der Waals surface area contributed by atoms with Gasteiger partial charge in [-0.15, -0.1) is 0 Å². The van der Waals surface area contributed by atoms with Gasteiger partial charge in [-0.25, -0.2) is 4.39 Å². The van der Waals surface area contributed by atoms with Crippen molar-refractivity contribution in [2.75, 3.05) is 0 Å². The molecule has 0 fully saturated rings. The van der Waals surface area contributed by atoms with Crippen molar-refractivity contribution in [2.45, 2.75) is 12.7 Å². The summed E-state index contributed by atoms with van der Waals surface area (Å²) in [5.41, 5.74) is 0.261. The number of hydrogen-bond donors (Lipinski definition) is 0. The van der Waals surface area contributed by atoms with Gasteiger partial charge < -0.3 is 4.52 Å². The molecule has 0 unspecified atom stereocenters. The molecule has 0 atom stereocenters. The smallest absolute Gasteiger partial charge is 0.337 e. The lowest BCUT2D eigenvalue weighted by molar-refractivity contribution is -0.146. The van der Waals surface area contributed by atoms with E-state index in [0.717, 1.165) is 4.57 Å². The first-order chi connectivity index (χ1) is 9.86. The molecule has 0 saturated heterocycles. The molecule has 1 aromatic carbocycles. The first-order valence-electron chi connectivity index (χ1n) is 5.54. The van der Waals surface area contributed by atoms with Crippen molar-refractivity contribution in [3.8, 4) is 0 Å². The van der Waals surface area contributed by atoms with Crippen LogP contribution >= 0.6 is 11.3 Å². The van der Waals surface area contributed by atoms with Crippen LogP contribution in [0.1, 0.15) is 11.7 Å². The molecular formula is C11H5F4N3O2S. The Labute approximate surface area is 117 Å². The van der Waals surface area contributed by atoms with Crippen LogP contribution in [0, 0.1) is 5.82 Å². The van der Waals surface area contributed by atoms with Crippen molar-refractivity contribution in [3.63, 3.8) is 0 Å². The summed E-state index contributed by atoms with van der Waals surface area (Å²) in [6.45, 7) is -0.356. The van der Waals surface area contributed by atoms with Gasteiger partial charge in [0.15, 0.2) is 0 Å². The van der Waals surface area contributed by atoms with E-state index in [-0.39, 0.29) is 22.7 Å². The average molecular weight is 319 g/mol. The quantitative estimate of drug-likeness (QED) is 0.681. The number of benzene rings is 1. The fourth-order valence-corrected chi connectivity index (χ4v) is 2.67. The van der Waals surface area contributed by atoms with Crippen LogP contribution in [0.25, 0.3) is 10.2 Å². The maximum atomic E-state index is 13.5. The lowest BCUT2D eigenvalue weighted by Gasteiger charge is -1.99. The third kappa shape index (κ3) is 2.42. The van der Waals surface area contributed by atoms with Gasteiger partial charge in [-0.1, -0.05) is 22.6 Å². The van der Waals surface area contributed by atoms with Crippen molar-refractivity contribution in [1.82, 2.24) is 14.7 Å². The molecule has 0 radical (unpaired) electrons. The average Bonchev–Trinajstić information content (AvgIpc) is 2.97. The highest BCUT2D eigenvalue weighted by atomic mass is 32.1. The van der Waals surface area contributed by atoms with Crippen LogP contribution in [-0.2, 0) is 12.7 Å². The van der Waals surface area contributed by atoms with Gasteiger partial charge in [-0.2, -0.15) is 18.2 Å². The summed E-state index contributed by atoms with van der Waals surface area (Å²) < 4.78 is 56.3. The molecule has 21 heavy (non-hydrogen) atoms. The van der Waals surface area contributed by atoms with Gasteiger partial charge >= 0.3 is 11.0 Å². The van der Waals surface area contributed by atoms with Crippen LogP contribution in [0.3, 0.4) is 0 Å². The third-order valence-electron chi connectivity index (χ3n) is 2.66.